The molecule has 1 aromatic carbocycles. The maximum atomic E-state index is 12.1. The van der Waals surface area contributed by atoms with Crippen molar-refractivity contribution < 1.29 is 9.21 Å². The topological polar surface area (TPSA) is 58.4 Å². The molecule has 5 nitrogen and oxygen atoms in total. The second kappa shape index (κ2) is 7.79. The normalized spacial score (nSPS) is 10.5. The van der Waals surface area contributed by atoms with Gasteiger partial charge in [-0.3, -0.25) is 0 Å². The number of urea groups is 1. The molecule has 1 N–H and O–H groups in total. The minimum atomic E-state index is -0.133. The quantitative estimate of drug-likeness (QED) is 0.742. The van der Waals surface area contributed by atoms with E-state index in [0.717, 1.165) is 12.0 Å². The van der Waals surface area contributed by atoms with E-state index in [1.807, 2.05) is 41.8 Å². The number of nitrogens with zero attached hydrogens (tertiary/aromatic N) is 2. The average Bonchev–Trinajstić information content (AvgIpc) is 3.30. The van der Waals surface area contributed by atoms with Crippen molar-refractivity contribution in [3.8, 4) is 11.3 Å². The molecule has 0 radical (unpaired) electrons. The van der Waals surface area contributed by atoms with E-state index in [-0.39, 0.29) is 12.6 Å². The predicted molar refractivity (Wildman–Crippen MR) is 94.8 cm³/mol. The molecule has 0 saturated heterocycles. The van der Waals surface area contributed by atoms with E-state index >= 15 is 0 Å². The molecule has 24 heavy (non-hydrogen) atoms. The molecule has 0 atom stereocenters. The molecule has 6 heteroatoms. The number of carbonyl (C=O) groups is 1. The molecule has 3 aromatic rings. The Morgan fingerprint density at radius 3 is 2.83 bits per heavy atom. The number of carbonyl (C=O) groups excluding carboxylic acids is 1. The van der Waals surface area contributed by atoms with Crippen molar-refractivity contribution in [2.45, 2.75) is 13.0 Å². The van der Waals surface area contributed by atoms with Gasteiger partial charge in [0.25, 0.3) is 0 Å². The standard InChI is InChI=1S/C18H19N3O2S/c1-21(10-9-15-8-5-11-24-15)18(22)20-13-17-19-12-16(23-17)14-6-3-2-4-7-14/h2-8,11-12H,9-10,13H2,1H3,(H,20,22). The Balaban J connectivity index is 1.48. The third-order valence-corrected chi connectivity index (χ3v) is 4.56. The molecule has 0 spiro atoms. The van der Waals surface area contributed by atoms with Crippen LogP contribution in [-0.2, 0) is 13.0 Å². The van der Waals surface area contributed by atoms with Gasteiger partial charge >= 0.3 is 6.03 Å². The summed E-state index contributed by atoms with van der Waals surface area (Å²) in [5.74, 6) is 1.19. The molecule has 3 rings (SSSR count). The zero-order valence-corrected chi connectivity index (χ0v) is 14.3. The summed E-state index contributed by atoms with van der Waals surface area (Å²) in [4.78, 5) is 19.3. The summed E-state index contributed by atoms with van der Waals surface area (Å²) in [5.41, 5.74) is 0.968. The Morgan fingerprint density at radius 2 is 2.08 bits per heavy atom. The van der Waals surface area contributed by atoms with Gasteiger partial charge in [-0.25, -0.2) is 9.78 Å². The van der Waals surface area contributed by atoms with Crippen molar-refractivity contribution in [3.63, 3.8) is 0 Å². The highest BCUT2D eigenvalue weighted by atomic mass is 32.1. The fourth-order valence-electron chi connectivity index (χ4n) is 2.25. The number of benzene rings is 1. The fourth-order valence-corrected chi connectivity index (χ4v) is 2.95. The van der Waals surface area contributed by atoms with Gasteiger partial charge in [0.15, 0.2) is 5.76 Å². The Morgan fingerprint density at radius 1 is 1.25 bits per heavy atom. The Bertz CT molecular complexity index is 769. The molecule has 124 valence electrons. The van der Waals surface area contributed by atoms with Crippen molar-refractivity contribution in [2.75, 3.05) is 13.6 Å². The highest BCUT2D eigenvalue weighted by Crippen LogP contribution is 2.19. The summed E-state index contributed by atoms with van der Waals surface area (Å²) in [6.07, 6.45) is 2.54. The first-order valence-corrected chi connectivity index (χ1v) is 8.62. The number of nitrogens with one attached hydrogen (secondary N) is 1. The van der Waals surface area contributed by atoms with E-state index in [9.17, 15) is 4.79 Å². The molecule has 0 aliphatic rings. The third-order valence-electron chi connectivity index (χ3n) is 3.62. The van der Waals surface area contributed by atoms with Crippen LogP contribution in [0.3, 0.4) is 0 Å². The third kappa shape index (κ3) is 4.23. The van der Waals surface area contributed by atoms with Gasteiger partial charge in [-0.1, -0.05) is 36.4 Å². The van der Waals surface area contributed by atoms with Crippen LogP contribution in [0.4, 0.5) is 4.79 Å². The molecule has 0 aliphatic carbocycles. The predicted octanol–water partition coefficient (Wildman–Crippen LogP) is 3.79. The van der Waals surface area contributed by atoms with Gasteiger partial charge in [0.05, 0.1) is 12.7 Å². The number of hydrogen-bond acceptors (Lipinski definition) is 4. The monoisotopic (exact) mass is 341 g/mol. The van der Waals surface area contributed by atoms with Gasteiger partial charge in [0.2, 0.25) is 5.89 Å². The van der Waals surface area contributed by atoms with E-state index in [2.05, 4.69) is 16.4 Å². The second-order valence-electron chi connectivity index (χ2n) is 5.39. The Hall–Kier alpha value is -2.60. The molecule has 2 aromatic heterocycles. The lowest BCUT2D eigenvalue weighted by Gasteiger charge is -2.16. The Labute approximate surface area is 144 Å². The SMILES string of the molecule is CN(CCc1cccs1)C(=O)NCc1ncc(-c2ccccc2)o1. The Kier molecular flexibility index (Phi) is 5.28. The lowest BCUT2D eigenvalue weighted by molar-refractivity contribution is 0.208. The molecule has 0 aliphatic heterocycles. The van der Waals surface area contributed by atoms with Crippen LogP contribution >= 0.6 is 11.3 Å². The average molecular weight is 341 g/mol. The van der Waals surface area contributed by atoms with Crippen molar-refractivity contribution in [2.24, 2.45) is 0 Å². The number of thiophene rings is 1. The number of likely N-dealkylation sites (N-methyl/N-ethyl adjacent to an activating group) is 1. The van der Waals surface area contributed by atoms with Crippen molar-refractivity contribution >= 4 is 17.4 Å². The summed E-state index contributed by atoms with van der Waals surface area (Å²) in [5, 5.41) is 4.87. The van der Waals surface area contributed by atoms with Gasteiger partial charge in [0.1, 0.15) is 0 Å². The summed E-state index contributed by atoms with van der Waals surface area (Å²) >= 11 is 1.70. The molecular formula is C18H19N3O2S. The van der Waals surface area contributed by atoms with Crippen LogP contribution < -0.4 is 5.32 Å². The van der Waals surface area contributed by atoms with Crippen LogP contribution in [0.15, 0.2) is 58.5 Å². The number of hydrogen-bond donors (Lipinski definition) is 1. The minimum Gasteiger partial charge on any atom is -0.439 e. The summed E-state index contributed by atoms with van der Waals surface area (Å²) < 4.78 is 5.68. The van der Waals surface area contributed by atoms with Crippen LogP contribution in [0.5, 0.6) is 0 Å². The summed E-state index contributed by atoms with van der Waals surface area (Å²) in [6.45, 7) is 0.947. The zero-order valence-electron chi connectivity index (χ0n) is 13.4. The van der Waals surface area contributed by atoms with E-state index in [1.54, 1.807) is 29.5 Å². The van der Waals surface area contributed by atoms with Crippen LogP contribution in [0, 0.1) is 0 Å². The van der Waals surface area contributed by atoms with Crippen molar-refractivity contribution in [3.05, 3.63) is 64.8 Å². The molecule has 0 saturated carbocycles. The van der Waals surface area contributed by atoms with Crippen molar-refractivity contribution in [1.82, 2.24) is 15.2 Å². The van der Waals surface area contributed by atoms with Gasteiger partial charge in [0, 0.05) is 24.0 Å². The zero-order chi connectivity index (χ0) is 16.8. The lowest BCUT2D eigenvalue weighted by atomic mass is 10.2. The van der Waals surface area contributed by atoms with Crippen molar-refractivity contribution in [1.29, 1.82) is 0 Å². The van der Waals surface area contributed by atoms with E-state index in [0.29, 0.717) is 18.2 Å². The molecule has 0 unspecified atom stereocenters. The first-order valence-electron chi connectivity index (χ1n) is 7.74. The molecule has 0 fully saturated rings. The second-order valence-corrected chi connectivity index (χ2v) is 6.43. The number of rotatable bonds is 6. The summed E-state index contributed by atoms with van der Waals surface area (Å²) in [6, 6.07) is 13.7. The molecule has 2 amide bonds. The van der Waals surface area contributed by atoms with Gasteiger partial charge in [-0.2, -0.15) is 0 Å². The largest absolute Gasteiger partial charge is 0.439 e. The van der Waals surface area contributed by atoms with Gasteiger partial charge in [-0.05, 0) is 17.9 Å². The maximum Gasteiger partial charge on any atom is 0.317 e. The minimum absolute atomic E-state index is 0.133. The maximum absolute atomic E-state index is 12.1. The van der Waals surface area contributed by atoms with Crippen LogP contribution in [0.1, 0.15) is 10.8 Å². The van der Waals surface area contributed by atoms with E-state index in [4.69, 9.17) is 4.42 Å². The first kappa shape index (κ1) is 16.3. The van der Waals surface area contributed by atoms with Crippen LogP contribution in [0.25, 0.3) is 11.3 Å². The van der Waals surface area contributed by atoms with E-state index < -0.39 is 0 Å². The molecule has 0 bridgehead atoms. The summed E-state index contributed by atoms with van der Waals surface area (Å²) in [7, 11) is 1.79. The smallest absolute Gasteiger partial charge is 0.317 e. The number of oxazole rings is 1. The molecular weight excluding hydrogens is 322 g/mol. The number of aromatic nitrogens is 1. The van der Waals surface area contributed by atoms with Gasteiger partial charge in [-0.15, -0.1) is 11.3 Å². The van der Waals surface area contributed by atoms with Gasteiger partial charge < -0.3 is 14.6 Å². The highest BCUT2D eigenvalue weighted by Gasteiger charge is 2.11. The van der Waals surface area contributed by atoms with Crippen LogP contribution in [0.2, 0.25) is 0 Å². The highest BCUT2D eigenvalue weighted by molar-refractivity contribution is 7.09. The lowest BCUT2D eigenvalue weighted by Crippen LogP contribution is -2.37. The molecule has 2 heterocycles. The first-order chi connectivity index (χ1) is 11.7. The van der Waals surface area contributed by atoms with Crippen LogP contribution in [-0.4, -0.2) is 29.5 Å². The van der Waals surface area contributed by atoms with E-state index in [1.165, 1.54) is 4.88 Å². The number of amides is 2. The fraction of sp³-hybridized carbons (Fsp3) is 0.222.